The fourth-order valence-corrected chi connectivity index (χ4v) is 2.99. The Kier molecular flexibility index (Phi) is 6.63. The van der Waals surface area contributed by atoms with Gasteiger partial charge in [-0.1, -0.05) is 12.1 Å². The summed E-state index contributed by atoms with van der Waals surface area (Å²) in [6.45, 7) is 10.4. The highest BCUT2D eigenvalue weighted by Gasteiger charge is 2.29. The minimum atomic E-state index is -0.537. The van der Waals surface area contributed by atoms with Crippen molar-refractivity contribution in [3.63, 3.8) is 0 Å². The molecule has 5 nitrogen and oxygen atoms in total. The Morgan fingerprint density at radius 3 is 2.38 bits per heavy atom. The van der Waals surface area contributed by atoms with Gasteiger partial charge in [-0.05, 0) is 58.0 Å². The molecule has 24 heavy (non-hydrogen) atoms. The number of carbonyl (C=O) groups is 1. The van der Waals surface area contributed by atoms with E-state index in [1.807, 2.05) is 38.1 Å². The predicted molar refractivity (Wildman–Crippen MR) is 100 cm³/mol. The molecule has 1 aromatic rings. The number of amides is 1. The van der Waals surface area contributed by atoms with Crippen LogP contribution in [0.2, 0.25) is 0 Å². The number of hydrogen-bond acceptors (Lipinski definition) is 4. The first kappa shape index (κ1) is 18.7. The Morgan fingerprint density at radius 1 is 1.12 bits per heavy atom. The molecule has 1 aromatic carbocycles. The Hall–Kier alpha value is -1.59. The minimum Gasteiger partial charge on any atom is -0.399 e. The minimum absolute atomic E-state index is 0.0758. The predicted octanol–water partition coefficient (Wildman–Crippen LogP) is 1.69. The topological polar surface area (TPSA) is 61.6 Å². The van der Waals surface area contributed by atoms with Gasteiger partial charge in [0.05, 0.1) is 5.41 Å². The number of hydrogen-bond donors (Lipinski definition) is 2. The Morgan fingerprint density at radius 2 is 1.75 bits per heavy atom. The summed E-state index contributed by atoms with van der Waals surface area (Å²) in [7, 11) is 2.18. The van der Waals surface area contributed by atoms with Crippen LogP contribution in [0.3, 0.4) is 0 Å². The van der Waals surface area contributed by atoms with Crippen LogP contribution in [-0.4, -0.2) is 62.0 Å². The van der Waals surface area contributed by atoms with Crippen molar-refractivity contribution in [3.05, 3.63) is 29.8 Å². The number of carbonyl (C=O) groups excluding carboxylic acids is 1. The van der Waals surface area contributed by atoms with Crippen LogP contribution in [0.15, 0.2) is 24.3 Å². The summed E-state index contributed by atoms with van der Waals surface area (Å²) in [4.78, 5) is 17.4. The average Bonchev–Trinajstić information content (AvgIpc) is 2.56. The van der Waals surface area contributed by atoms with Gasteiger partial charge in [0.25, 0.3) is 0 Å². The molecule has 1 saturated heterocycles. The maximum Gasteiger partial charge on any atom is 0.230 e. The van der Waals surface area contributed by atoms with Crippen LogP contribution in [0.1, 0.15) is 32.3 Å². The van der Waals surface area contributed by atoms with Crippen molar-refractivity contribution in [3.8, 4) is 0 Å². The lowest BCUT2D eigenvalue weighted by atomic mass is 9.83. The van der Waals surface area contributed by atoms with Crippen molar-refractivity contribution < 1.29 is 4.79 Å². The number of likely N-dealkylation sites (N-methyl/N-ethyl adjacent to an activating group) is 1. The number of anilines is 1. The SMILES string of the molecule is CN1CCN(CCCCNC(=O)C(C)(C)c2ccc(N)cc2)CC1. The second-order valence-corrected chi connectivity index (χ2v) is 7.35. The number of rotatable bonds is 7. The van der Waals surface area contributed by atoms with E-state index < -0.39 is 5.41 Å². The van der Waals surface area contributed by atoms with Crippen LogP contribution in [0.5, 0.6) is 0 Å². The van der Waals surface area contributed by atoms with E-state index in [0.717, 1.165) is 63.4 Å². The van der Waals surface area contributed by atoms with Gasteiger partial charge in [-0.15, -0.1) is 0 Å². The fourth-order valence-electron chi connectivity index (χ4n) is 2.99. The van der Waals surface area contributed by atoms with E-state index >= 15 is 0 Å². The van der Waals surface area contributed by atoms with Gasteiger partial charge in [0, 0.05) is 38.4 Å². The summed E-state index contributed by atoms with van der Waals surface area (Å²) >= 11 is 0. The van der Waals surface area contributed by atoms with Gasteiger partial charge in [-0.3, -0.25) is 4.79 Å². The molecule has 0 bridgehead atoms. The van der Waals surface area contributed by atoms with Gasteiger partial charge >= 0.3 is 0 Å². The molecule has 1 fully saturated rings. The summed E-state index contributed by atoms with van der Waals surface area (Å²) < 4.78 is 0. The highest BCUT2D eigenvalue weighted by atomic mass is 16.2. The molecule has 0 saturated carbocycles. The lowest BCUT2D eigenvalue weighted by Gasteiger charge is -2.32. The molecule has 1 aliphatic heterocycles. The molecule has 3 N–H and O–H groups in total. The van der Waals surface area contributed by atoms with Crippen molar-refractivity contribution in [1.29, 1.82) is 0 Å². The Bertz CT molecular complexity index is 519. The zero-order chi connectivity index (χ0) is 17.6. The molecule has 1 aliphatic rings. The van der Waals surface area contributed by atoms with Crippen molar-refractivity contribution in [2.24, 2.45) is 0 Å². The molecule has 1 heterocycles. The largest absolute Gasteiger partial charge is 0.399 e. The standard InChI is InChI=1S/C19H32N4O/c1-19(2,16-6-8-17(20)9-7-16)18(24)21-10-4-5-11-23-14-12-22(3)13-15-23/h6-9H,4-5,10-15,20H2,1-3H3,(H,21,24). The van der Waals surface area contributed by atoms with E-state index in [1.54, 1.807) is 0 Å². The molecular formula is C19H32N4O. The van der Waals surface area contributed by atoms with Crippen LogP contribution < -0.4 is 11.1 Å². The number of nitrogens with zero attached hydrogens (tertiary/aromatic N) is 2. The highest BCUT2D eigenvalue weighted by molar-refractivity contribution is 5.87. The monoisotopic (exact) mass is 332 g/mol. The number of nitrogen functional groups attached to an aromatic ring is 1. The summed E-state index contributed by atoms with van der Waals surface area (Å²) in [5.41, 5.74) is 6.90. The Labute approximate surface area is 146 Å². The third-order valence-electron chi connectivity index (χ3n) is 4.98. The van der Waals surface area contributed by atoms with Crippen LogP contribution in [0, 0.1) is 0 Å². The molecule has 0 spiro atoms. The van der Waals surface area contributed by atoms with Crippen molar-refractivity contribution in [2.45, 2.75) is 32.1 Å². The van der Waals surface area contributed by atoms with Gasteiger partial charge < -0.3 is 20.9 Å². The van der Waals surface area contributed by atoms with Crippen molar-refractivity contribution in [1.82, 2.24) is 15.1 Å². The molecule has 0 unspecified atom stereocenters. The molecule has 0 aliphatic carbocycles. The van der Waals surface area contributed by atoms with Crippen LogP contribution >= 0.6 is 0 Å². The highest BCUT2D eigenvalue weighted by Crippen LogP contribution is 2.24. The lowest BCUT2D eigenvalue weighted by molar-refractivity contribution is -0.125. The first-order valence-corrected chi connectivity index (χ1v) is 8.95. The van der Waals surface area contributed by atoms with Crippen molar-refractivity contribution >= 4 is 11.6 Å². The van der Waals surface area contributed by atoms with Crippen LogP contribution in [0.25, 0.3) is 0 Å². The molecule has 2 rings (SSSR count). The third-order valence-corrected chi connectivity index (χ3v) is 4.98. The maximum atomic E-state index is 12.5. The van der Waals surface area contributed by atoms with E-state index in [0.29, 0.717) is 0 Å². The third kappa shape index (κ3) is 5.21. The zero-order valence-electron chi connectivity index (χ0n) is 15.3. The van der Waals surface area contributed by atoms with Crippen LogP contribution in [-0.2, 0) is 10.2 Å². The van der Waals surface area contributed by atoms with Crippen molar-refractivity contribution in [2.75, 3.05) is 52.0 Å². The number of nitrogens with two attached hydrogens (primary N) is 1. The fraction of sp³-hybridized carbons (Fsp3) is 0.632. The van der Waals surface area contributed by atoms with Gasteiger partial charge in [0.15, 0.2) is 0 Å². The summed E-state index contributed by atoms with van der Waals surface area (Å²) in [6, 6.07) is 7.56. The first-order chi connectivity index (χ1) is 11.4. The van der Waals surface area contributed by atoms with Crippen LogP contribution in [0.4, 0.5) is 5.69 Å². The molecule has 5 heteroatoms. The summed E-state index contributed by atoms with van der Waals surface area (Å²) in [6.07, 6.45) is 2.15. The van der Waals surface area contributed by atoms with Gasteiger partial charge in [-0.25, -0.2) is 0 Å². The maximum absolute atomic E-state index is 12.5. The molecule has 0 atom stereocenters. The second-order valence-electron chi connectivity index (χ2n) is 7.35. The van der Waals surface area contributed by atoms with E-state index in [9.17, 15) is 4.79 Å². The van der Waals surface area contributed by atoms with E-state index in [2.05, 4.69) is 22.2 Å². The number of nitrogens with one attached hydrogen (secondary N) is 1. The van der Waals surface area contributed by atoms with Gasteiger partial charge in [0.1, 0.15) is 0 Å². The average molecular weight is 332 g/mol. The lowest BCUT2D eigenvalue weighted by Crippen LogP contribution is -2.44. The number of benzene rings is 1. The summed E-state index contributed by atoms with van der Waals surface area (Å²) in [5.74, 6) is 0.0758. The van der Waals surface area contributed by atoms with E-state index in [4.69, 9.17) is 5.73 Å². The zero-order valence-corrected chi connectivity index (χ0v) is 15.3. The molecular weight excluding hydrogens is 300 g/mol. The normalized spacial score (nSPS) is 17.0. The molecule has 134 valence electrons. The van der Waals surface area contributed by atoms with E-state index in [-0.39, 0.29) is 5.91 Å². The Balaban J connectivity index is 1.68. The second kappa shape index (κ2) is 8.49. The van der Waals surface area contributed by atoms with Gasteiger partial charge in [-0.2, -0.15) is 0 Å². The quantitative estimate of drug-likeness (QED) is 0.589. The number of unbranched alkanes of at least 4 members (excludes halogenated alkanes) is 1. The molecule has 0 radical (unpaired) electrons. The number of piperazine rings is 1. The molecule has 0 aromatic heterocycles. The van der Waals surface area contributed by atoms with E-state index in [1.165, 1.54) is 0 Å². The molecule has 1 amide bonds. The smallest absolute Gasteiger partial charge is 0.230 e. The van der Waals surface area contributed by atoms with Gasteiger partial charge in [0.2, 0.25) is 5.91 Å². The first-order valence-electron chi connectivity index (χ1n) is 8.95. The summed E-state index contributed by atoms with van der Waals surface area (Å²) in [5, 5.41) is 3.08.